The Balaban J connectivity index is 0.864. The molecule has 0 aromatic rings. The summed E-state index contributed by atoms with van der Waals surface area (Å²) in [4.78, 5) is 11.9. The number of rotatable bonds is 10. The number of carbonyl (C=O) groups excluding carboxylic acids is 1. The third kappa shape index (κ3) is 7.59. The van der Waals surface area contributed by atoms with Crippen LogP contribution in [0.1, 0.15) is 71.6 Å². The van der Waals surface area contributed by atoms with Crippen molar-refractivity contribution in [1.29, 1.82) is 0 Å². The first kappa shape index (κ1) is 45.1. The highest BCUT2D eigenvalue weighted by molar-refractivity contribution is 5.85. The fourth-order valence-corrected chi connectivity index (χ4v) is 12.6. The van der Waals surface area contributed by atoms with Gasteiger partial charge in [0.1, 0.15) is 79.9 Å². The Hall–Kier alpha value is -1.47. The molecule has 4 saturated carbocycles. The molecule has 3 saturated heterocycles. The van der Waals surface area contributed by atoms with E-state index in [1.807, 2.05) is 0 Å². The first-order valence-electron chi connectivity index (χ1n) is 21.6. The van der Waals surface area contributed by atoms with Gasteiger partial charge in [-0.05, 0) is 92.4 Å². The summed E-state index contributed by atoms with van der Waals surface area (Å²) in [7, 11) is 0. The van der Waals surface area contributed by atoms with Crippen molar-refractivity contribution < 1.29 is 94.1 Å². The summed E-state index contributed by atoms with van der Waals surface area (Å²) in [6.07, 6.45) is -15.3. The van der Waals surface area contributed by atoms with Gasteiger partial charge in [0.05, 0.1) is 31.5 Å². The van der Waals surface area contributed by atoms with E-state index in [1.54, 1.807) is 6.08 Å². The van der Waals surface area contributed by atoms with Crippen LogP contribution in [0.25, 0.3) is 0 Å². The van der Waals surface area contributed by atoms with Crippen molar-refractivity contribution in [3.8, 4) is 0 Å². The summed E-state index contributed by atoms with van der Waals surface area (Å²) in [6, 6.07) is 0. The first-order valence-corrected chi connectivity index (χ1v) is 21.6. The van der Waals surface area contributed by atoms with Crippen molar-refractivity contribution in [3.05, 3.63) is 11.6 Å². The lowest BCUT2D eigenvalue weighted by atomic mass is 9.43. The molecular formula is C41H64O19. The van der Waals surface area contributed by atoms with Gasteiger partial charge in [-0.1, -0.05) is 13.8 Å². The van der Waals surface area contributed by atoms with E-state index in [2.05, 4.69) is 13.8 Å². The lowest BCUT2D eigenvalue weighted by molar-refractivity contribution is -0.346. The fourth-order valence-electron chi connectivity index (χ4n) is 12.6. The van der Waals surface area contributed by atoms with Crippen LogP contribution in [0.3, 0.4) is 0 Å². The van der Waals surface area contributed by atoms with Crippen LogP contribution in [-0.4, -0.2) is 192 Å². The quantitative estimate of drug-likeness (QED) is 0.0775. The fraction of sp³-hybridized carbons (Fsp3) is 0.927. The highest BCUT2D eigenvalue weighted by Crippen LogP contribution is 2.70. The van der Waals surface area contributed by atoms with Crippen LogP contribution in [0.4, 0.5) is 0 Å². The van der Waals surface area contributed by atoms with Gasteiger partial charge in [0.25, 0.3) is 0 Å². The average Bonchev–Trinajstić information content (AvgIpc) is 3.78. The lowest BCUT2D eigenvalue weighted by Gasteiger charge is -2.64. The number of carbonyl (C=O) groups is 1. The van der Waals surface area contributed by atoms with Crippen LogP contribution in [0.2, 0.25) is 0 Å². The number of aliphatic hydroxyl groups excluding tert-OH is 10. The second-order valence-electron chi connectivity index (χ2n) is 19.2. The van der Waals surface area contributed by atoms with Gasteiger partial charge in [0.15, 0.2) is 18.9 Å². The molecule has 0 aromatic heterocycles. The molecule has 0 aromatic carbocycles. The largest absolute Gasteiger partial charge is 0.458 e. The Morgan fingerprint density at radius 1 is 0.650 bits per heavy atom. The maximum Gasteiger partial charge on any atom is 0.331 e. The summed E-state index contributed by atoms with van der Waals surface area (Å²) in [5.41, 5.74) is -0.244. The van der Waals surface area contributed by atoms with Crippen LogP contribution in [0.5, 0.6) is 0 Å². The molecule has 0 radical (unpaired) electrons. The van der Waals surface area contributed by atoms with E-state index in [0.717, 1.165) is 44.1 Å². The van der Waals surface area contributed by atoms with Crippen LogP contribution in [-0.2, 0) is 38.0 Å². The summed E-state index contributed by atoms with van der Waals surface area (Å²) in [6.45, 7) is 3.04. The van der Waals surface area contributed by atoms with Gasteiger partial charge < -0.3 is 89.3 Å². The molecule has 11 N–H and O–H groups in total. The second-order valence-corrected chi connectivity index (χ2v) is 19.2. The highest BCUT2D eigenvalue weighted by Gasteiger charge is 2.68. The lowest BCUT2D eigenvalue weighted by Crippen LogP contribution is -2.63. The van der Waals surface area contributed by atoms with Crippen molar-refractivity contribution in [3.63, 3.8) is 0 Å². The van der Waals surface area contributed by atoms with Crippen molar-refractivity contribution in [1.82, 2.24) is 0 Å². The van der Waals surface area contributed by atoms with E-state index in [9.17, 15) is 61.0 Å². The van der Waals surface area contributed by atoms with E-state index >= 15 is 0 Å². The van der Waals surface area contributed by atoms with Gasteiger partial charge in [-0.3, -0.25) is 0 Å². The zero-order valence-electron chi connectivity index (χ0n) is 34.0. The van der Waals surface area contributed by atoms with Crippen LogP contribution < -0.4 is 0 Å². The van der Waals surface area contributed by atoms with Crippen molar-refractivity contribution in [2.45, 2.75) is 175 Å². The Kier molecular flexibility index (Phi) is 12.9. The Morgan fingerprint density at radius 2 is 1.22 bits per heavy atom. The predicted molar refractivity (Wildman–Crippen MR) is 200 cm³/mol. The zero-order valence-corrected chi connectivity index (χ0v) is 34.0. The Bertz CT molecular complexity index is 1570. The Labute approximate surface area is 347 Å². The van der Waals surface area contributed by atoms with E-state index in [0.29, 0.717) is 31.8 Å². The van der Waals surface area contributed by atoms with Crippen LogP contribution >= 0.6 is 0 Å². The van der Waals surface area contributed by atoms with E-state index < -0.39 is 118 Å². The van der Waals surface area contributed by atoms with Gasteiger partial charge in [-0.25, -0.2) is 4.79 Å². The van der Waals surface area contributed by atoms with Gasteiger partial charge in [0.2, 0.25) is 0 Å². The van der Waals surface area contributed by atoms with Crippen LogP contribution in [0, 0.1) is 34.5 Å². The minimum Gasteiger partial charge on any atom is -0.458 e. The van der Waals surface area contributed by atoms with Gasteiger partial charge in [0, 0.05) is 11.5 Å². The molecule has 23 atom stereocenters. The highest BCUT2D eigenvalue weighted by atomic mass is 16.7. The zero-order chi connectivity index (χ0) is 43.1. The number of hydrogen-bond donors (Lipinski definition) is 11. The molecular weight excluding hydrogens is 796 g/mol. The molecule has 8 aliphatic rings. The molecule has 2 unspecified atom stereocenters. The molecule has 60 heavy (non-hydrogen) atoms. The molecule has 4 aliphatic heterocycles. The van der Waals surface area contributed by atoms with Gasteiger partial charge in [-0.15, -0.1) is 0 Å². The summed E-state index contributed by atoms with van der Waals surface area (Å²) in [5, 5.41) is 117. The number of cyclic esters (lactones) is 1. The van der Waals surface area contributed by atoms with E-state index in [4.69, 9.17) is 33.2 Å². The van der Waals surface area contributed by atoms with Crippen LogP contribution in [0.15, 0.2) is 11.6 Å². The van der Waals surface area contributed by atoms with E-state index in [1.165, 1.54) is 0 Å². The van der Waals surface area contributed by atoms with Gasteiger partial charge >= 0.3 is 5.97 Å². The van der Waals surface area contributed by atoms with Crippen molar-refractivity contribution in [2.75, 3.05) is 26.4 Å². The number of aliphatic hydroxyl groups is 11. The summed E-state index contributed by atoms with van der Waals surface area (Å²) >= 11 is 0. The maximum absolute atomic E-state index is 12.6. The monoisotopic (exact) mass is 860 g/mol. The number of esters is 1. The minimum atomic E-state index is -1.81. The minimum absolute atomic E-state index is 0.0571. The topological polar surface area (TPSA) is 304 Å². The van der Waals surface area contributed by atoms with Crippen molar-refractivity contribution >= 4 is 5.97 Å². The summed E-state index contributed by atoms with van der Waals surface area (Å²) < 4.78 is 39.8. The molecule has 8 rings (SSSR count). The van der Waals surface area contributed by atoms with Crippen molar-refractivity contribution in [2.24, 2.45) is 34.5 Å². The molecule has 0 spiro atoms. The normalized spacial score (nSPS) is 54.4. The van der Waals surface area contributed by atoms with Gasteiger partial charge in [-0.2, -0.15) is 0 Å². The third-order valence-corrected chi connectivity index (χ3v) is 16.3. The molecule has 0 bridgehead atoms. The maximum atomic E-state index is 12.6. The molecule has 4 aliphatic carbocycles. The molecule has 19 nitrogen and oxygen atoms in total. The SMILES string of the molecule is C[C@]12CC[C@H](O[C@@H]3O[C@H](CO[C@@H]4O[C@H](CO[C@@H]5O[C@H](CO)[C@@H](O)[C@H](O)[C@H]5O)[C@@H](O)[C@H](O)[C@H]4O)[C@@H](O)[C@H](O)[C@H]3O)C[C@@H]1CCC1C2CC[C@]2(C)[C@@H](C3=CC(=O)OC3)CC[C@]12O. The number of hydrogen-bond acceptors (Lipinski definition) is 19. The van der Waals surface area contributed by atoms with E-state index in [-0.39, 0.29) is 40.7 Å². The Morgan fingerprint density at radius 3 is 1.80 bits per heavy atom. The summed E-state index contributed by atoms with van der Waals surface area (Å²) in [5.74, 6) is 0.499. The smallest absolute Gasteiger partial charge is 0.331 e. The first-order chi connectivity index (χ1) is 28.4. The second kappa shape index (κ2) is 17.2. The predicted octanol–water partition coefficient (Wildman–Crippen LogP) is -2.92. The molecule has 0 amide bonds. The molecule has 4 heterocycles. The average molecular weight is 861 g/mol. The molecule has 342 valence electrons. The standard InChI is InChI=1S/C41H64O19/c1-39-8-5-19(12-18(39)3-4-22-21(39)6-9-40(2)20(7-10-41(22,40)53)17-11-26(43)54-14-17)57-38-35(52)32(49)29(46)25(60-38)16-56-37-34(51)31(48)28(45)24(59-37)15-55-36-33(50)30(47)27(44)23(13-42)58-36/h11,18-25,27-38,42,44-53H,3-10,12-16H2,1-2H3/t18-,19-,20+,21?,22?,23+,24+,25+,27+,28+,29+,30-,31-,32-,33+,34+,35+,36+,37+,38+,39-,40+,41-/m0/s1. The molecule has 7 fully saturated rings. The number of ether oxygens (including phenoxy) is 7. The molecule has 19 heteroatoms. The number of fused-ring (bicyclic) bond motifs is 5. The third-order valence-electron chi connectivity index (χ3n) is 16.3.